The highest BCUT2D eigenvalue weighted by Crippen LogP contribution is 2.24. The first-order chi connectivity index (χ1) is 9.74. The van der Waals surface area contributed by atoms with E-state index in [4.69, 9.17) is 0 Å². The number of hydrogen-bond donors (Lipinski definition) is 1. The summed E-state index contributed by atoms with van der Waals surface area (Å²) in [6, 6.07) is 4.73. The van der Waals surface area contributed by atoms with Gasteiger partial charge >= 0.3 is 0 Å². The Kier molecular flexibility index (Phi) is 4.22. The lowest BCUT2D eigenvalue weighted by molar-refractivity contribution is 0.174. The Bertz CT molecular complexity index is 426. The maximum atomic E-state index is 9.53. The van der Waals surface area contributed by atoms with Crippen LogP contribution in [0.5, 0.6) is 0 Å². The van der Waals surface area contributed by atoms with Crippen molar-refractivity contribution >= 4 is 5.82 Å². The molecule has 0 saturated carbocycles. The maximum absolute atomic E-state index is 9.53. The summed E-state index contributed by atoms with van der Waals surface area (Å²) < 4.78 is 0. The highest BCUT2D eigenvalue weighted by atomic mass is 16.3. The molecule has 20 heavy (non-hydrogen) atoms. The van der Waals surface area contributed by atoms with Gasteiger partial charge in [-0.2, -0.15) is 0 Å². The van der Waals surface area contributed by atoms with Crippen molar-refractivity contribution in [3.63, 3.8) is 0 Å². The van der Waals surface area contributed by atoms with E-state index in [1.165, 1.54) is 38.8 Å². The molecule has 4 nitrogen and oxygen atoms in total. The first-order valence-corrected chi connectivity index (χ1v) is 7.87. The van der Waals surface area contributed by atoms with Gasteiger partial charge in [0.05, 0.1) is 6.10 Å². The summed E-state index contributed by atoms with van der Waals surface area (Å²) in [7, 11) is 0. The van der Waals surface area contributed by atoms with Gasteiger partial charge < -0.3 is 10.0 Å². The zero-order valence-electron chi connectivity index (χ0n) is 12.3. The average Bonchev–Trinajstić information content (AvgIpc) is 2.98. The summed E-state index contributed by atoms with van der Waals surface area (Å²) in [5.74, 6) is 1.05. The van der Waals surface area contributed by atoms with Crippen molar-refractivity contribution in [2.45, 2.75) is 44.8 Å². The van der Waals surface area contributed by atoms with Gasteiger partial charge in [-0.1, -0.05) is 12.5 Å². The fourth-order valence-corrected chi connectivity index (χ4v) is 3.36. The lowest BCUT2D eigenvalue weighted by Gasteiger charge is -2.32. The number of rotatable bonds is 3. The van der Waals surface area contributed by atoms with Crippen LogP contribution in [-0.4, -0.2) is 47.2 Å². The van der Waals surface area contributed by atoms with Gasteiger partial charge in [-0.3, -0.25) is 4.90 Å². The molecule has 0 aliphatic carbocycles. The number of piperidine rings is 1. The third kappa shape index (κ3) is 2.96. The van der Waals surface area contributed by atoms with Crippen LogP contribution < -0.4 is 4.90 Å². The molecule has 0 amide bonds. The van der Waals surface area contributed by atoms with Gasteiger partial charge in [0.1, 0.15) is 5.82 Å². The standard InChI is InChI=1S/C16H25N3O/c1-13(20)14-5-6-16(17-11-14)19-10-7-15(12-19)18-8-3-2-4-9-18/h5-6,11,13,15,20H,2-4,7-10,12H2,1H3/t13-,15?/m0/s1. The molecular formula is C16H25N3O. The first-order valence-electron chi connectivity index (χ1n) is 7.87. The number of anilines is 1. The number of hydrogen-bond acceptors (Lipinski definition) is 4. The van der Waals surface area contributed by atoms with Crippen LogP contribution in [0.3, 0.4) is 0 Å². The molecule has 1 aromatic heterocycles. The lowest BCUT2D eigenvalue weighted by Crippen LogP contribution is -2.40. The fourth-order valence-electron chi connectivity index (χ4n) is 3.36. The Hall–Kier alpha value is -1.13. The van der Waals surface area contributed by atoms with E-state index in [0.29, 0.717) is 6.04 Å². The third-order valence-corrected chi connectivity index (χ3v) is 4.65. The number of aromatic nitrogens is 1. The van der Waals surface area contributed by atoms with Gasteiger partial charge in [0.15, 0.2) is 0 Å². The van der Waals surface area contributed by atoms with Crippen molar-refractivity contribution < 1.29 is 5.11 Å². The molecule has 1 unspecified atom stereocenters. The minimum Gasteiger partial charge on any atom is -0.389 e. The number of aliphatic hydroxyl groups excluding tert-OH is 1. The second-order valence-corrected chi connectivity index (χ2v) is 6.11. The second kappa shape index (κ2) is 6.10. The van der Waals surface area contributed by atoms with Gasteiger partial charge in [-0.05, 0) is 50.9 Å². The molecule has 0 aromatic carbocycles. The van der Waals surface area contributed by atoms with E-state index >= 15 is 0 Å². The second-order valence-electron chi connectivity index (χ2n) is 6.11. The van der Waals surface area contributed by atoms with Crippen LogP contribution >= 0.6 is 0 Å². The van der Waals surface area contributed by atoms with Crippen molar-refractivity contribution in [3.8, 4) is 0 Å². The summed E-state index contributed by atoms with van der Waals surface area (Å²) in [4.78, 5) is 9.55. The smallest absolute Gasteiger partial charge is 0.128 e. The van der Waals surface area contributed by atoms with Crippen LogP contribution in [0.2, 0.25) is 0 Å². The molecule has 110 valence electrons. The molecule has 2 fully saturated rings. The number of aliphatic hydroxyl groups is 1. The van der Waals surface area contributed by atoms with Crippen molar-refractivity contribution in [3.05, 3.63) is 23.9 Å². The van der Waals surface area contributed by atoms with Crippen LogP contribution in [0, 0.1) is 0 Å². The van der Waals surface area contributed by atoms with Crippen molar-refractivity contribution in [2.24, 2.45) is 0 Å². The highest BCUT2D eigenvalue weighted by Gasteiger charge is 2.28. The van der Waals surface area contributed by atoms with E-state index in [2.05, 4.69) is 14.8 Å². The topological polar surface area (TPSA) is 39.6 Å². The molecule has 1 N–H and O–H groups in total. The Morgan fingerprint density at radius 2 is 2.00 bits per heavy atom. The monoisotopic (exact) mass is 275 g/mol. The molecule has 0 radical (unpaired) electrons. The Morgan fingerprint density at radius 1 is 1.20 bits per heavy atom. The molecule has 2 atom stereocenters. The summed E-state index contributed by atoms with van der Waals surface area (Å²) >= 11 is 0. The van der Waals surface area contributed by atoms with E-state index in [1.54, 1.807) is 13.1 Å². The van der Waals surface area contributed by atoms with Gasteiger partial charge in [0, 0.05) is 25.3 Å². The van der Waals surface area contributed by atoms with Crippen molar-refractivity contribution in [1.29, 1.82) is 0 Å². The number of likely N-dealkylation sites (tertiary alicyclic amines) is 1. The SMILES string of the molecule is C[C@H](O)c1ccc(N2CCC(N3CCCCC3)C2)nc1. The van der Waals surface area contributed by atoms with Gasteiger partial charge in [0.2, 0.25) is 0 Å². The highest BCUT2D eigenvalue weighted by molar-refractivity contribution is 5.41. The maximum Gasteiger partial charge on any atom is 0.128 e. The molecule has 1 aromatic rings. The Labute approximate surface area is 121 Å². The van der Waals surface area contributed by atoms with E-state index in [1.807, 2.05) is 12.1 Å². The molecule has 2 saturated heterocycles. The molecule has 4 heteroatoms. The molecule has 3 rings (SSSR count). The summed E-state index contributed by atoms with van der Waals surface area (Å²) in [6.45, 7) is 6.52. The summed E-state index contributed by atoms with van der Waals surface area (Å²) in [5.41, 5.74) is 0.889. The van der Waals surface area contributed by atoms with Crippen LogP contribution in [0.15, 0.2) is 18.3 Å². The minimum absolute atomic E-state index is 0.434. The Balaban J connectivity index is 1.61. The molecule has 0 spiro atoms. The van der Waals surface area contributed by atoms with Crippen LogP contribution in [0.1, 0.15) is 44.3 Å². The van der Waals surface area contributed by atoms with Crippen LogP contribution in [0.4, 0.5) is 5.82 Å². The van der Waals surface area contributed by atoms with E-state index < -0.39 is 6.10 Å². The normalized spacial score (nSPS) is 25.9. The zero-order chi connectivity index (χ0) is 13.9. The van der Waals surface area contributed by atoms with Crippen LogP contribution in [0.25, 0.3) is 0 Å². The molecule has 2 aliphatic heterocycles. The summed E-state index contributed by atoms with van der Waals surface area (Å²) in [6.07, 6.45) is 6.73. The van der Waals surface area contributed by atoms with Gasteiger partial charge in [-0.15, -0.1) is 0 Å². The summed E-state index contributed by atoms with van der Waals surface area (Å²) in [5, 5.41) is 9.53. The number of pyridine rings is 1. The predicted molar refractivity (Wildman–Crippen MR) is 80.9 cm³/mol. The van der Waals surface area contributed by atoms with Crippen molar-refractivity contribution in [1.82, 2.24) is 9.88 Å². The van der Waals surface area contributed by atoms with E-state index in [0.717, 1.165) is 24.5 Å². The largest absolute Gasteiger partial charge is 0.389 e. The third-order valence-electron chi connectivity index (χ3n) is 4.65. The molecule has 0 bridgehead atoms. The molecule has 3 heterocycles. The van der Waals surface area contributed by atoms with Gasteiger partial charge in [0.25, 0.3) is 0 Å². The Morgan fingerprint density at radius 3 is 2.65 bits per heavy atom. The lowest BCUT2D eigenvalue weighted by atomic mass is 10.1. The molecule has 2 aliphatic rings. The van der Waals surface area contributed by atoms with E-state index in [9.17, 15) is 5.11 Å². The quantitative estimate of drug-likeness (QED) is 0.918. The first kappa shape index (κ1) is 13.8. The number of nitrogens with zero attached hydrogens (tertiary/aromatic N) is 3. The van der Waals surface area contributed by atoms with Gasteiger partial charge in [-0.25, -0.2) is 4.98 Å². The fraction of sp³-hybridized carbons (Fsp3) is 0.688. The zero-order valence-corrected chi connectivity index (χ0v) is 12.3. The predicted octanol–water partition coefficient (Wildman–Crippen LogP) is 2.20. The van der Waals surface area contributed by atoms with Crippen LogP contribution in [-0.2, 0) is 0 Å². The average molecular weight is 275 g/mol. The molecular weight excluding hydrogens is 250 g/mol. The minimum atomic E-state index is -0.434. The van der Waals surface area contributed by atoms with Crippen molar-refractivity contribution in [2.75, 3.05) is 31.1 Å². The van der Waals surface area contributed by atoms with E-state index in [-0.39, 0.29) is 0 Å².